The topological polar surface area (TPSA) is 57.6 Å². The molecule has 4 heteroatoms. The summed E-state index contributed by atoms with van der Waals surface area (Å²) in [5, 5.41) is 9.22. The predicted molar refractivity (Wildman–Crippen MR) is 74.8 cm³/mol. The van der Waals surface area contributed by atoms with Crippen molar-refractivity contribution < 1.29 is 14.7 Å². The van der Waals surface area contributed by atoms with E-state index in [0.29, 0.717) is 5.92 Å². The number of hydrogen-bond acceptors (Lipinski definition) is 2. The summed E-state index contributed by atoms with van der Waals surface area (Å²) in [6, 6.07) is 0. The van der Waals surface area contributed by atoms with E-state index >= 15 is 0 Å². The largest absolute Gasteiger partial charge is 0.480 e. The molecule has 1 aliphatic rings. The van der Waals surface area contributed by atoms with E-state index in [9.17, 15) is 14.7 Å². The molecule has 1 N–H and O–H groups in total. The molecule has 1 amide bonds. The van der Waals surface area contributed by atoms with Gasteiger partial charge in [-0.1, -0.05) is 20.8 Å². The van der Waals surface area contributed by atoms with Gasteiger partial charge in [0.25, 0.3) is 0 Å². The molecule has 2 unspecified atom stereocenters. The first kappa shape index (κ1) is 16.0. The number of amides is 1. The third kappa shape index (κ3) is 3.48. The number of hydrogen-bond donors (Lipinski definition) is 1. The Kier molecular flexibility index (Phi) is 4.33. The van der Waals surface area contributed by atoms with Gasteiger partial charge in [-0.3, -0.25) is 4.79 Å². The van der Waals surface area contributed by atoms with Crippen molar-refractivity contribution in [2.75, 3.05) is 7.05 Å². The van der Waals surface area contributed by atoms with Crippen molar-refractivity contribution in [1.82, 2.24) is 4.90 Å². The van der Waals surface area contributed by atoms with Gasteiger partial charge in [0, 0.05) is 13.0 Å². The van der Waals surface area contributed by atoms with E-state index in [-0.39, 0.29) is 17.2 Å². The first-order chi connectivity index (χ1) is 8.47. The van der Waals surface area contributed by atoms with Gasteiger partial charge in [0.15, 0.2) is 0 Å². The predicted octanol–water partition coefficient (Wildman–Crippen LogP) is 2.77. The van der Waals surface area contributed by atoms with Crippen LogP contribution in [0.15, 0.2) is 0 Å². The lowest BCUT2D eigenvalue weighted by atomic mass is 9.67. The first-order valence-corrected chi connectivity index (χ1v) is 6.98. The zero-order chi connectivity index (χ0) is 15.0. The molecule has 1 rings (SSSR count). The lowest BCUT2D eigenvalue weighted by Crippen LogP contribution is -2.53. The van der Waals surface area contributed by atoms with E-state index in [1.165, 1.54) is 4.90 Å². The zero-order valence-electron chi connectivity index (χ0n) is 13.0. The molecule has 0 radical (unpaired) electrons. The van der Waals surface area contributed by atoms with Crippen LogP contribution in [0.25, 0.3) is 0 Å². The van der Waals surface area contributed by atoms with Crippen LogP contribution in [-0.2, 0) is 9.59 Å². The number of nitrogens with zero attached hydrogens (tertiary/aromatic N) is 1. The molecule has 1 fully saturated rings. The van der Waals surface area contributed by atoms with Crippen LogP contribution in [0.3, 0.4) is 0 Å². The summed E-state index contributed by atoms with van der Waals surface area (Å²) in [7, 11) is 1.60. The number of carboxylic acids is 1. The maximum Gasteiger partial charge on any atom is 0.329 e. The third-order valence-electron chi connectivity index (χ3n) is 4.43. The van der Waals surface area contributed by atoms with Gasteiger partial charge in [-0.05, 0) is 44.4 Å². The fraction of sp³-hybridized carbons (Fsp3) is 0.867. The second-order valence-corrected chi connectivity index (χ2v) is 7.37. The molecular formula is C15H27NO3. The van der Waals surface area contributed by atoms with Crippen molar-refractivity contribution in [3.8, 4) is 0 Å². The highest BCUT2D eigenvalue weighted by molar-refractivity contribution is 5.87. The molecule has 1 aliphatic carbocycles. The molecule has 4 nitrogen and oxygen atoms in total. The summed E-state index contributed by atoms with van der Waals surface area (Å²) in [5.74, 6) is -0.542. The lowest BCUT2D eigenvalue weighted by Gasteiger charge is -2.41. The number of aliphatic carboxylic acids is 1. The molecule has 0 bridgehead atoms. The van der Waals surface area contributed by atoms with Crippen molar-refractivity contribution in [2.45, 2.75) is 59.4 Å². The molecule has 19 heavy (non-hydrogen) atoms. The van der Waals surface area contributed by atoms with Crippen LogP contribution in [-0.4, -0.2) is 34.5 Å². The summed E-state index contributed by atoms with van der Waals surface area (Å²) < 4.78 is 0. The molecule has 0 aromatic rings. The minimum absolute atomic E-state index is 0.0352. The number of rotatable bonds is 3. The molecule has 2 atom stereocenters. The fourth-order valence-corrected chi connectivity index (χ4v) is 3.23. The molecule has 0 spiro atoms. The normalized spacial score (nSPS) is 26.8. The SMILES string of the molecule is CC1CC(C(=O)N(C)C(C)(C)C(=O)O)CC(C)(C)C1. The Balaban J connectivity index is 2.86. The van der Waals surface area contributed by atoms with Crippen LogP contribution in [0.2, 0.25) is 0 Å². The fourth-order valence-electron chi connectivity index (χ4n) is 3.23. The van der Waals surface area contributed by atoms with Gasteiger partial charge < -0.3 is 10.0 Å². The number of carbonyl (C=O) groups is 2. The quantitative estimate of drug-likeness (QED) is 0.857. The van der Waals surface area contributed by atoms with Crippen molar-refractivity contribution >= 4 is 11.9 Å². The minimum atomic E-state index is -1.15. The van der Waals surface area contributed by atoms with E-state index in [2.05, 4.69) is 20.8 Å². The summed E-state index contributed by atoms with van der Waals surface area (Å²) in [6.45, 7) is 9.69. The molecule has 0 aliphatic heterocycles. The average molecular weight is 269 g/mol. The van der Waals surface area contributed by atoms with Crippen molar-refractivity contribution in [2.24, 2.45) is 17.3 Å². The van der Waals surface area contributed by atoms with E-state index in [1.807, 2.05) is 0 Å². The molecule has 0 aromatic carbocycles. The van der Waals surface area contributed by atoms with Crippen molar-refractivity contribution in [3.63, 3.8) is 0 Å². The summed E-state index contributed by atoms with van der Waals surface area (Å²) in [5.41, 5.74) is -0.992. The molecule has 0 aromatic heterocycles. The highest BCUT2D eigenvalue weighted by Gasteiger charge is 2.41. The Morgan fingerprint density at radius 1 is 1.26 bits per heavy atom. The zero-order valence-corrected chi connectivity index (χ0v) is 13.0. The molecular weight excluding hydrogens is 242 g/mol. The third-order valence-corrected chi connectivity index (χ3v) is 4.43. The second kappa shape index (κ2) is 5.14. The van der Waals surface area contributed by atoms with Gasteiger partial charge >= 0.3 is 5.97 Å². The van der Waals surface area contributed by atoms with Crippen LogP contribution in [0, 0.1) is 17.3 Å². The van der Waals surface area contributed by atoms with Crippen LogP contribution in [0.1, 0.15) is 53.9 Å². The highest BCUT2D eigenvalue weighted by atomic mass is 16.4. The Bertz CT molecular complexity index is 374. The maximum atomic E-state index is 12.5. The molecule has 110 valence electrons. The Morgan fingerprint density at radius 3 is 2.21 bits per heavy atom. The molecule has 0 heterocycles. The Morgan fingerprint density at radius 2 is 1.79 bits per heavy atom. The number of carbonyl (C=O) groups excluding carboxylic acids is 1. The minimum Gasteiger partial charge on any atom is -0.480 e. The second-order valence-electron chi connectivity index (χ2n) is 7.37. The lowest BCUT2D eigenvalue weighted by molar-refractivity contribution is -0.158. The van der Waals surface area contributed by atoms with E-state index in [1.54, 1.807) is 20.9 Å². The maximum absolute atomic E-state index is 12.5. The standard InChI is InChI=1S/C15H27NO3/c1-10-7-11(9-14(2,3)8-10)12(17)16(6)15(4,5)13(18)19/h10-11H,7-9H2,1-6H3,(H,18,19). The monoisotopic (exact) mass is 269 g/mol. The van der Waals surface area contributed by atoms with Crippen LogP contribution < -0.4 is 0 Å². The van der Waals surface area contributed by atoms with Gasteiger partial charge in [-0.2, -0.15) is 0 Å². The van der Waals surface area contributed by atoms with Crippen LogP contribution in [0.5, 0.6) is 0 Å². The van der Waals surface area contributed by atoms with Gasteiger partial charge in [0.05, 0.1) is 0 Å². The van der Waals surface area contributed by atoms with Crippen molar-refractivity contribution in [3.05, 3.63) is 0 Å². The van der Waals surface area contributed by atoms with Gasteiger partial charge in [-0.15, -0.1) is 0 Å². The number of carboxylic acid groups (broad SMARTS) is 1. The Hall–Kier alpha value is -1.06. The van der Waals surface area contributed by atoms with E-state index < -0.39 is 11.5 Å². The molecule has 1 saturated carbocycles. The van der Waals surface area contributed by atoms with E-state index in [0.717, 1.165) is 19.3 Å². The Labute approximate surface area is 116 Å². The smallest absolute Gasteiger partial charge is 0.329 e. The highest BCUT2D eigenvalue weighted by Crippen LogP contribution is 2.42. The van der Waals surface area contributed by atoms with Crippen molar-refractivity contribution in [1.29, 1.82) is 0 Å². The van der Waals surface area contributed by atoms with Gasteiger partial charge in [-0.25, -0.2) is 4.79 Å². The summed E-state index contributed by atoms with van der Waals surface area (Å²) in [4.78, 5) is 25.2. The molecule has 0 saturated heterocycles. The van der Waals surface area contributed by atoms with Gasteiger partial charge in [0.2, 0.25) is 5.91 Å². The summed E-state index contributed by atoms with van der Waals surface area (Å²) >= 11 is 0. The number of likely N-dealkylation sites (N-methyl/N-ethyl adjacent to an activating group) is 1. The first-order valence-electron chi connectivity index (χ1n) is 6.98. The van der Waals surface area contributed by atoms with Crippen LogP contribution >= 0.6 is 0 Å². The van der Waals surface area contributed by atoms with Gasteiger partial charge in [0.1, 0.15) is 5.54 Å². The average Bonchev–Trinajstić information content (AvgIpc) is 2.23. The van der Waals surface area contributed by atoms with Crippen LogP contribution in [0.4, 0.5) is 0 Å². The van der Waals surface area contributed by atoms with E-state index in [4.69, 9.17) is 0 Å². The summed E-state index contributed by atoms with van der Waals surface area (Å²) in [6.07, 6.45) is 2.83.